The summed E-state index contributed by atoms with van der Waals surface area (Å²) >= 11 is 5.94. The summed E-state index contributed by atoms with van der Waals surface area (Å²) in [6.07, 6.45) is 4.27. The number of halogens is 1. The van der Waals surface area contributed by atoms with Crippen LogP contribution in [0.3, 0.4) is 0 Å². The van der Waals surface area contributed by atoms with Crippen LogP contribution in [0.25, 0.3) is 0 Å². The van der Waals surface area contributed by atoms with Crippen LogP contribution in [0.4, 0.5) is 5.82 Å². The number of nitrogens with two attached hydrogens (primary N) is 1. The first kappa shape index (κ1) is 15.0. The summed E-state index contributed by atoms with van der Waals surface area (Å²) in [5.41, 5.74) is 2.31. The van der Waals surface area contributed by atoms with E-state index in [1.807, 2.05) is 0 Å². The molecule has 21 heavy (non-hydrogen) atoms. The second-order valence-corrected chi connectivity index (χ2v) is 7.53. The van der Waals surface area contributed by atoms with Crippen LogP contribution in [0.2, 0.25) is 5.02 Å². The smallest absolute Gasteiger partial charge is 0.242 e. The molecule has 0 saturated carbocycles. The van der Waals surface area contributed by atoms with E-state index in [1.165, 1.54) is 12.3 Å². The van der Waals surface area contributed by atoms with Crippen LogP contribution in [0.1, 0.15) is 19.3 Å². The average molecular weight is 332 g/mol. The zero-order chi connectivity index (χ0) is 15.0. The molecule has 0 aromatic carbocycles. The van der Waals surface area contributed by atoms with Gasteiger partial charge in [0.15, 0.2) is 5.82 Å². The van der Waals surface area contributed by atoms with E-state index in [2.05, 4.69) is 20.0 Å². The standard InChI is InChI=1S/C12H18ClN5O2S/c13-9-6-8(7-15-12(9)16-14)21(19,20)17-10-3-5-18-4-1-2-11(10)18/h6-7,10-11,17H,1-5,14H2,(H,15,16). The van der Waals surface area contributed by atoms with Crippen molar-refractivity contribution in [1.29, 1.82) is 0 Å². The molecule has 2 atom stereocenters. The van der Waals surface area contributed by atoms with E-state index < -0.39 is 10.0 Å². The Morgan fingerprint density at radius 2 is 2.19 bits per heavy atom. The number of rotatable bonds is 4. The van der Waals surface area contributed by atoms with Crippen molar-refractivity contribution < 1.29 is 8.42 Å². The molecular weight excluding hydrogens is 314 g/mol. The van der Waals surface area contributed by atoms with E-state index in [4.69, 9.17) is 17.4 Å². The van der Waals surface area contributed by atoms with Gasteiger partial charge in [0, 0.05) is 24.8 Å². The lowest BCUT2D eigenvalue weighted by atomic mass is 10.1. The molecule has 4 N–H and O–H groups in total. The zero-order valence-electron chi connectivity index (χ0n) is 11.4. The maximum Gasteiger partial charge on any atom is 0.242 e. The van der Waals surface area contributed by atoms with Crippen molar-refractivity contribution in [2.24, 2.45) is 5.84 Å². The van der Waals surface area contributed by atoms with Crippen molar-refractivity contribution in [2.45, 2.75) is 36.2 Å². The van der Waals surface area contributed by atoms with Gasteiger partial charge in [-0.05, 0) is 31.9 Å². The number of aromatic nitrogens is 1. The Balaban J connectivity index is 1.79. The van der Waals surface area contributed by atoms with Crippen molar-refractivity contribution in [3.63, 3.8) is 0 Å². The van der Waals surface area contributed by atoms with Gasteiger partial charge >= 0.3 is 0 Å². The highest BCUT2D eigenvalue weighted by atomic mass is 35.5. The van der Waals surface area contributed by atoms with Crippen LogP contribution in [0.15, 0.2) is 17.2 Å². The Morgan fingerprint density at radius 3 is 2.90 bits per heavy atom. The molecule has 2 aliphatic rings. The molecule has 2 unspecified atom stereocenters. The van der Waals surface area contributed by atoms with Crippen LogP contribution in [0, 0.1) is 0 Å². The number of nitrogen functional groups attached to an aromatic ring is 1. The van der Waals surface area contributed by atoms with Crippen LogP contribution in [-0.2, 0) is 10.0 Å². The first-order chi connectivity index (χ1) is 10.0. The van der Waals surface area contributed by atoms with Gasteiger partial charge in [0.1, 0.15) is 4.90 Å². The quantitative estimate of drug-likeness (QED) is 0.550. The van der Waals surface area contributed by atoms with E-state index in [0.29, 0.717) is 6.04 Å². The van der Waals surface area contributed by atoms with E-state index >= 15 is 0 Å². The van der Waals surface area contributed by atoms with Gasteiger partial charge in [0.2, 0.25) is 10.0 Å². The number of anilines is 1. The Kier molecular flexibility index (Phi) is 4.06. The molecule has 0 aliphatic carbocycles. The second-order valence-electron chi connectivity index (χ2n) is 5.41. The summed E-state index contributed by atoms with van der Waals surface area (Å²) < 4.78 is 27.7. The zero-order valence-corrected chi connectivity index (χ0v) is 13.0. The fraction of sp³-hybridized carbons (Fsp3) is 0.583. The highest BCUT2D eigenvalue weighted by Crippen LogP contribution is 2.29. The molecule has 9 heteroatoms. The van der Waals surface area contributed by atoms with Crippen LogP contribution < -0.4 is 16.0 Å². The van der Waals surface area contributed by atoms with Crippen molar-refractivity contribution in [3.8, 4) is 0 Å². The Labute approximate surface area is 128 Å². The summed E-state index contributed by atoms with van der Waals surface area (Å²) in [5.74, 6) is 5.48. The highest BCUT2D eigenvalue weighted by molar-refractivity contribution is 7.89. The van der Waals surface area contributed by atoms with Crippen molar-refractivity contribution in [3.05, 3.63) is 17.3 Å². The third-order valence-corrected chi connectivity index (χ3v) is 5.92. The minimum atomic E-state index is -3.62. The van der Waals surface area contributed by atoms with Gasteiger partial charge in [0.25, 0.3) is 0 Å². The van der Waals surface area contributed by atoms with Gasteiger partial charge in [-0.3, -0.25) is 4.90 Å². The lowest BCUT2D eigenvalue weighted by molar-refractivity contribution is 0.309. The van der Waals surface area contributed by atoms with Crippen LogP contribution in [-0.4, -0.2) is 43.5 Å². The van der Waals surface area contributed by atoms with Crippen molar-refractivity contribution in [2.75, 3.05) is 18.5 Å². The molecule has 1 aromatic heterocycles. The van der Waals surface area contributed by atoms with E-state index in [-0.39, 0.29) is 21.8 Å². The predicted molar refractivity (Wildman–Crippen MR) is 80.4 cm³/mol. The number of nitrogens with zero attached hydrogens (tertiary/aromatic N) is 2. The molecule has 1 aromatic rings. The lowest BCUT2D eigenvalue weighted by Gasteiger charge is -2.21. The molecular formula is C12H18ClN5O2S. The summed E-state index contributed by atoms with van der Waals surface area (Å²) in [4.78, 5) is 6.31. The molecule has 7 nitrogen and oxygen atoms in total. The molecule has 2 aliphatic heterocycles. The number of fused-ring (bicyclic) bond motifs is 1. The molecule has 3 rings (SSSR count). The largest absolute Gasteiger partial charge is 0.307 e. The SMILES string of the molecule is NNc1ncc(S(=O)(=O)NC2CCN3CCCC23)cc1Cl. The molecule has 0 amide bonds. The molecule has 0 radical (unpaired) electrons. The highest BCUT2D eigenvalue weighted by Gasteiger charge is 2.39. The van der Waals surface area contributed by atoms with Gasteiger partial charge in [-0.15, -0.1) is 0 Å². The second kappa shape index (κ2) is 5.69. The van der Waals surface area contributed by atoms with Gasteiger partial charge in [-0.25, -0.2) is 24.0 Å². The van der Waals surface area contributed by atoms with E-state index in [9.17, 15) is 8.42 Å². The van der Waals surface area contributed by atoms with E-state index in [0.717, 1.165) is 32.4 Å². The van der Waals surface area contributed by atoms with Crippen molar-refractivity contribution in [1.82, 2.24) is 14.6 Å². The number of sulfonamides is 1. The summed E-state index contributed by atoms with van der Waals surface area (Å²) in [5, 5.41) is 0.175. The minimum absolute atomic E-state index is 0.0383. The fourth-order valence-corrected chi connectivity index (χ4v) is 4.72. The first-order valence-corrected chi connectivity index (χ1v) is 8.76. The Hall–Kier alpha value is -0.930. The third kappa shape index (κ3) is 2.86. The monoisotopic (exact) mass is 331 g/mol. The number of hydrogen-bond donors (Lipinski definition) is 3. The number of hydrazine groups is 1. The molecule has 2 saturated heterocycles. The summed E-state index contributed by atoms with van der Waals surface area (Å²) in [6.45, 7) is 2.01. The fourth-order valence-electron chi connectivity index (χ4n) is 3.16. The van der Waals surface area contributed by atoms with Gasteiger partial charge < -0.3 is 5.43 Å². The third-order valence-electron chi connectivity index (χ3n) is 4.18. The molecule has 3 heterocycles. The maximum atomic E-state index is 12.4. The van der Waals surface area contributed by atoms with Crippen LogP contribution in [0.5, 0.6) is 0 Å². The Morgan fingerprint density at radius 1 is 1.38 bits per heavy atom. The minimum Gasteiger partial charge on any atom is -0.307 e. The lowest BCUT2D eigenvalue weighted by Crippen LogP contribution is -2.42. The molecule has 2 fully saturated rings. The van der Waals surface area contributed by atoms with Crippen LogP contribution >= 0.6 is 11.6 Å². The molecule has 0 bridgehead atoms. The first-order valence-electron chi connectivity index (χ1n) is 6.90. The van der Waals surface area contributed by atoms with Gasteiger partial charge in [-0.1, -0.05) is 11.6 Å². The normalized spacial score (nSPS) is 26.0. The topological polar surface area (TPSA) is 100 Å². The Bertz CT molecular complexity index is 639. The van der Waals surface area contributed by atoms with Gasteiger partial charge in [0.05, 0.1) is 5.02 Å². The molecule has 0 spiro atoms. The molecule has 116 valence electrons. The number of pyridine rings is 1. The van der Waals surface area contributed by atoms with Crippen molar-refractivity contribution >= 4 is 27.4 Å². The number of hydrogen-bond acceptors (Lipinski definition) is 6. The maximum absolute atomic E-state index is 12.4. The van der Waals surface area contributed by atoms with E-state index in [1.54, 1.807) is 0 Å². The van der Waals surface area contributed by atoms with Gasteiger partial charge in [-0.2, -0.15) is 0 Å². The summed E-state index contributed by atoms with van der Waals surface area (Å²) in [6, 6.07) is 1.63. The summed E-state index contributed by atoms with van der Waals surface area (Å²) in [7, 11) is -3.62. The predicted octanol–water partition coefficient (Wildman–Crippen LogP) is 0.536. The average Bonchev–Trinajstić information content (AvgIpc) is 3.03. The number of nitrogens with one attached hydrogen (secondary N) is 2.